The Bertz CT molecular complexity index is 753. The molecule has 0 spiro atoms. The lowest BCUT2D eigenvalue weighted by Gasteiger charge is -2.12. The first kappa shape index (κ1) is 15.0. The fraction of sp³-hybridized carbons (Fsp3) is 0. The summed E-state index contributed by atoms with van der Waals surface area (Å²) in [6, 6.07) is 9.02. The lowest BCUT2D eigenvalue weighted by molar-refractivity contribution is -0.256. The molecule has 0 aliphatic rings. The third-order valence-corrected chi connectivity index (χ3v) is 2.89. The molecule has 22 heavy (non-hydrogen) atoms. The summed E-state index contributed by atoms with van der Waals surface area (Å²) in [5.74, 6) is -3.54. The molecule has 0 atom stereocenters. The monoisotopic (exact) mass is 298 g/mol. The van der Waals surface area contributed by atoms with Crippen molar-refractivity contribution in [2.45, 2.75) is 0 Å². The molecule has 0 bridgehead atoms. The van der Waals surface area contributed by atoms with Crippen LogP contribution in [-0.2, 0) is 0 Å². The minimum absolute atomic E-state index is 0.0408. The number of amides is 1. The van der Waals surface area contributed by atoms with Crippen LogP contribution < -0.4 is 21.3 Å². The van der Waals surface area contributed by atoms with Crippen molar-refractivity contribution in [3.8, 4) is 0 Å². The molecule has 7 nitrogen and oxygen atoms in total. The highest BCUT2D eigenvalue weighted by molar-refractivity contribution is 6.10. The second-order valence-corrected chi connectivity index (χ2v) is 4.41. The van der Waals surface area contributed by atoms with Crippen LogP contribution in [0, 0.1) is 0 Å². The van der Waals surface area contributed by atoms with Gasteiger partial charge in [-0.3, -0.25) is 4.79 Å². The van der Waals surface area contributed by atoms with E-state index in [1.807, 2.05) is 0 Å². The fourth-order valence-electron chi connectivity index (χ4n) is 1.82. The van der Waals surface area contributed by atoms with Crippen LogP contribution in [0.25, 0.3) is 0 Å². The van der Waals surface area contributed by atoms with E-state index in [1.54, 1.807) is 0 Å². The molecular formula is C15H10N2O5-2. The van der Waals surface area contributed by atoms with E-state index < -0.39 is 17.8 Å². The molecule has 0 fully saturated rings. The zero-order valence-electron chi connectivity index (χ0n) is 11.2. The second kappa shape index (κ2) is 5.96. The minimum atomic E-state index is -1.52. The van der Waals surface area contributed by atoms with Gasteiger partial charge in [0, 0.05) is 22.5 Å². The first-order chi connectivity index (χ1) is 10.4. The van der Waals surface area contributed by atoms with E-state index in [9.17, 15) is 24.6 Å². The second-order valence-electron chi connectivity index (χ2n) is 4.41. The lowest BCUT2D eigenvalue weighted by atomic mass is 10.1. The lowest BCUT2D eigenvalue weighted by Crippen LogP contribution is -2.26. The van der Waals surface area contributed by atoms with Crippen molar-refractivity contribution in [2.24, 2.45) is 0 Å². The van der Waals surface area contributed by atoms with Crippen LogP contribution in [0.4, 0.5) is 11.4 Å². The van der Waals surface area contributed by atoms with Gasteiger partial charge in [-0.1, -0.05) is 12.1 Å². The minimum Gasteiger partial charge on any atom is -0.545 e. The normalized spacial score (nSPS) is 10.0. The Labute approximate surface area is 125 Å². The molecule has 0 saturated carbocycles. The predicted molar refractivity (Wildman–Crippen MR) is 73.9 cm³/mol. The van der Waals surface area contributed by atoms with E-state index in [1.165, 1.54) is 36.4 Å². The molecule has 0 aromatic heterocycles. The number of hydrogen-bond donors (Lipinski definition) is 2. The molecule has 1 amide bonds. The average Bonchev–Trinajstić information content (AvgIpc) is 2.47. The van der Waals surface area contributed by atoms with Gasteiger partial charge in [0.25, 0.3) is 5.91 Å². The third-order valence-electron chi connectivity index (χ3n) is 2.89. The molecule has 0 aliphatic heterocycles. The molecule has 2 aromatic rings. The molecule has 3 N–H and O–H groups in total. The van der Waals surface area contributed by atoms with E-state index >= 15 is 0 Å². The van der Waals surface area contributed by atoms with Crippen molar-refractivity contribution in [1.82, 2.24) is 0 Å². The number of anilines is 2. The summed E-state index contributed by atoms with van der Waals surface area (Å²) in [5, 5.41) is 24.1. The van der Waals surface area contributed by atoms with Gasteiger partial charge in [-0.15, -0.1) is 0 Å². The summed E-state index contributed by atoms with van der Waals surface area (Å²) in [6.07, 6.45) is 0. The number of nitrogens with one attached hydrogen (secondary N) is 1. The molecule has 0 aliphatic carbocycles. The van der Waals surface area contributed by atoms with Crippen molar-refractivity contribution in [2.75, 3.05) is 11.1 Å². The van der Waals surface area contributed by atoms with Gasteiger partial charge in [-0.05, 0) is 35.9 Å². The molecule has 0 unspecified atom stereocenters. The van der Waals surface area contributed by atoms with Crippen molar-refractivity contribution in [3.05, 3.63) is 59.2 Å². The predicted octanol–water partition coefficient (Wildman–Crippen LogP) is -0.752. The largest absolute Gasteiger partial charge is 0.545 e. The Morgan fingerprint density at radius 2 is 1.50 bits per heavy atom. The smallest absolute Gasteiger partial charge is 0.256 e. The van der Waals surface area contributed by atoms with Crippen LogP contribution in [0.3, 0.4) is 0 Å². The quantitative estimate of drug-likeness (QED) is 0.713. The van der Waals surface area contributed by atoms with E-state index in [4.69, 9.17) is 5.73 Å². The molecular weight excluding hydrogens is 288 g/mol. The molecule has 0 saturated heterocycles. The number of carboxylic acids is 2. The van der Waals surface area contributed by atoms with Crippen LogP contribution in [0.2, 0.25) is 0 Å². The van der Waals surface area contributed by atoms with Gasteiger partial charge in [0.2, 0.25) is 0 Å². The summed E-state index contributed by atoms with van der Waals surface area (Å²) in [4.78, 5) is 33.8. The van der Waals surface area contributed by atoms with Crippen molar-refractivity contribution in [1.29, 1.82) is 0 Å². The Morgan fingerprint density at radius 1 is 0.864 bits per heavy atom. The van der Waals surface area contributed by atoms with Crippen LogP contribution >= 0.6 is 0 Å². The van der Waals surface area contributed by atoms with Crippen molar-refractivity contribution >= 4 is 29.2 Å². The third kappa shape index (κ3) is 3.21. The first-order valence-corrected chi connectivity index (χ1v) is 6.12. The van der Waals surface area contributed by atoms with Gasteiger partial charge in [0.1, 0.15) is 0 Å². The van der Waals surface area contributed by atoms with Gasteiger partial charge in [0.15, 0.2) is 0 Å². The van der Waals surface area contributed by atoms with Crippen LogP contribution in [-0.4, -0.2) is 17.8 Å². The number of nitrogens with two attached hydrogens (primary N) is 1. The molecule has 0 heterocycles. The molecule has 7 heteroatoms. The molecule has 2 rings (SSSR count). The first-order valence-electron chi connectivity index (χ1n) is 6.12. The molecule has 0 radical (unpaired) electrons. The Hall–Kier alpha value is -3.35. The zero-order chi connectivity index (χ0) is 16.3. The molecule has 2 aromatic carbocycles. The van der Waals surface area contributed by atoms with Crippen LogP contribution in [0.1, 0.15) is 31.1 Å². The topological polar surface area (TPSA) is 135 Å². The van der Waals surface area contributed by atoms with Crippen LogP contribution in [0.5, 0.6) is 0 Å². The number of carbonyl (C=O) groups excluding carboxylic acids is 3. The number of carbonyl (C=O) groups is 3. The standard InChI is InChI=1S/C15H12N2O5/c16-9-3-6-11(12(7-9)15(21)22)13(18)17-10-4-1-8(2-5-10)14(19)20/h1-7H,16H2,(H,17,18)(H,19,20)(H,21,22)/p-2. The van der Waals surface area contributed by atoms with E-state index in [-0.39, 0.29) is 22.4 Å². The van der Waals surface area contributed by atoms with E-state index in [0.29, 0.717) is 5.69 Å². The van der Waals surface area contributed by atoms with E-state index in [0.717, 1.165) is 6.07 Å². The Balaban J connectivity index is 2.26. The summed E-state index contributed by atoms with van der Waals surface area (Å²) in [7, 11) is 0. The highest BCUT2D eigenvalue weighted by atomic mass is 16.4. The van der Waals surface area contributed by atoms with Gasteiger partial charge >= 0.3 is 0 Å². The Kier molecular flexibility index (Phi) is 4.08. The maximum Gasteiger partial charge on any atom is 0.256 e. The number of rotatable bonds is 4. The Morgan fingerprint density at radius 3 is 2.05 bits per heavy atom. The highest BCUT2D eigenvalue weighted by Gasteiger charge is 2.13. The number of hydrogen-bond acceptors (Lipinski definition) is 6. The fourth-order valence-corrected chi connectivity index (χ4v) is 1.82. The summed E-state index contributed by atoms with van der Waals surface area (Å²) < 4.78 is 0. The van der Waals surface area contributed by atoms with Gasteiger partial charge in [-0.25, -0.2) is 0 Å². The summed E-state index contributed by atoms with van der Waals surface area (Å²) in [6.45, 7) is 0. The van der Waals surface area contributed by atoms with Crippen molar-refractivity contribution in [3.63, 3.8) is 0 Å². The maximum absolute atomic E-state index is 12.1. The van der Waals surface area contributed by atoms with Gasteiger partial charge < -0.3 is 30.9 Å². The summed E-state index contributed by atoms with van der Waals surface area (Å²) >= 11 is 0. The zero-order valence-corrected chi connectivity index (χ0v) is 11.2. The highest BCUT2D eigenvalue weighted by Crippen LogP contribution is 2.16. The van der Waals surface area contributed by atoms with Gasteiger partial charge in [-0.2, -0.15) is 0 Å². The van der Waals surface area contributed by atoms with Crippen molar-refractivity contribution < 1.29 is 24.6 Å². The summed E-state index contributed by atoms with van der Waals surface area (Å²) in [5.41, 5.74) is 5.49. The number of benzene rings is 2. The van der Waals surface area contributed by atoms with E-state index in [2.05, 4.69) is 5.32 Å². The number of aromatic carboxylic acids is 2. The average molecular weight is 298 g/mol. The van der Waals surface area contributed by atoms with Crippen LogP contribution in [0.15, 0.2) is 42.5 Å². The molecule has 112 valence electrons. The maximum atomic E-state index is 12.1. The number of carboxylic acid groups (broad SMARTS) is 2. The SMILES string of the molecule is Nc1ccc(C(=O)Nc2ccc(C(=O)[O-])cc2)c(C(=O)[O-])c1. The number of nitrogen functional groups attached to an aromatic ring is 1. The van der Waals surface area contributed by atoms with Gasteiger partial charge in [0.05, 0.1) is 11.9 Å².